The fourth-order valence-electron chi connectivity index (χ4n) is 5.16. The molecule has 40 heavy (non-hydrogen) atoms. The first-order chi connectivity index (χ1) is 19.3. The van der Waals surface area contributed by atoms with Crippen molar-refractivity contribution in [3.63, 3.8) is 0 Å². The Bertz CT molecular complexity index is 1400. The third kappa shape index (κ3) is 6.98. The third-order valence-electron chi connectivity index (χ3n) is 7.12. The van der Waals surface area contributed by atoms with E-state index in [1.54, 1.807) is 35.4 Å². The molecule has 10 heteroatoms. The number of carbonyl (C=O) groups is 4. The van der Waals surface area contributed by atoms with Crippen LogP contribution in [0.4, 0.5) is 0 Å². The number of piperidine rings is 1. The number of Topliss-reactive ketones (excluding diaryl/α,β-unsaturated/α-hetero) is 1. The molecule has 1 aliphatic heterocycles. The highest BCUT2D eigenvalue weighted by molar-refractivity contribution is 7.99. The van der Waals surface area contributed by atoms with Gasteiger partial charge < -0.3 is 20.4 Å². The van der Waals surface area contributed by atoms with Crippen LogP contribution in [0.5, 0.6) is 5.75 Å². The Kier molecular flexibility index (Phi) is 9.76. The van der Waals surface area contributed by atoms with E-state index in [-0.39, 0.29) is 41.4 Å². The summed E-state index contributed by atoms with van der Waals surface area (Å²) in [5, 5.41) is 23.7. The van der Waals surface area contributed by atoms with Crippen LogP contribution in [0.1, 0.15) is 64.9 Å². The summed E-state index contributed by atoms with van der Waals surface area (Å²) < 4.78 is 0. The fraction of sp³-hybridized carbons (Fsp3) is 0.367. The van der Waals surface area contributed by atoms with E-state index in [4.69, 9.17) is 0 Å². The number of hydrogen-bond acceptors (Lipinski definition) is 7. The van der Waals surface area contributed by atoms with Gasteiger partial charge in [0.25, 0.3) is 0 Å². The van der Waals surface area contributed by atoms with Crippen molar-refractivity contribution >= 4 is 46.1 Å². The fourth-order valence-corrected chi connectivity index (χ4v) is 6.13. The number of pyridine rings is 1. The number of fused-ring (bicyclic) bond motifs is 1. The van der Waals surface area contributed by atoms with Crippen LogP contribution < -0.4 is 5.32 Å². The molecule has 0 saturated carbocycles. The maximum absolute atomic E-state index is 13.8. The molecule has 0 spiro atoms. The predicted molar refractivity (Wildman–Crippen MR) is 154 cm³/mol. The predicted octanol–water partition coefficient (Wildman–Crippen LogP) is 4.45. The first kappa shape index (κ1) is 29.1. The minimum Gasteiger partial charge on any atom is -0.507 e. The lowest BCUT2D eigenvalue weighted by Gasteiger charge is -2.37. The highest BCUT2D eigenvalue weighted by Gasteiger charge is 2.32. The molecule has 1 fully saturated rings. The number of carboxylic acids is 1. The van der Waals surface area contributed by atoms with Crippen molar-refractivity contribution in [2.24, 2.45) is 5.92 Å². The van der Waals surface area contributed by atoms with Crippen molar-refractivity contribution in [3.8, 4) is 5.75 Å². The largest absolute Gasteiger partial charge is 0.507 e. The van der Waals surface area contributed by atoms with Gasteiger partial charge in [-0.25, -0.2) is 4.79 Å². The van der Waals surface area contributed by atoms with Gasteiger partial charge in [-0.05, 0) is 54.5 Å². The molecule has 0 radical (unpaired) electrons. The van der Waals surface area contributed by atoms with E-state index in [1.165, 1.54) is 30.9 Å². The van der Waals surface area contributed by atoms with E-state index in [1.807, 2.05) is 12.1 Å². The van der Waals surface area contributed by atoms with Crippen LogP contribution in [0.25, 0.3) is 10.8 Å². The van der Waals surface area contributed by atoms with E-state index in [2.05, 4.69) is 10.3 Å². The Balaban J connectivity index is 1.56. The van der Waals surface area contributed by atoms with Gasteiger partial charge in [0.1, 0.15) is 11.3 Å². The van der Waals surface area contributed by atoms with Crippen LogP contribution in [-0.2, 0) is 9.59 Å². The number of aromatic nitrogens is 1. The van der Waals surface area contributed by atoms with Crippen LogP contribution in [0.2, 0.25) is 0 Å². The Hall–Kier alpha value is -3.92. The van der Waals surface area contributed by atoms with Crippen LogP contribution in [0.3, 0.4) is 0 Å². The van der Waals surface area contributed by atoms with Gasteiger partial charge in [0.15, 0.2) is 5.78 Å². The standard InChI is InChI=1S/C30H33N3O6S/c1-19(34)32-12-14-40-18-23(29(37)22-5-4-11-31-17-22)16-27(36)33-13-3-2-6-25(33)21-8-7-20-9-10-26(35)28(30(38)39)24(20)15-21/h4-5,7-11,15,17,23,25,35H,2-3,6,12-14,16,18H2,1H3,(H,32,34)(H,38,39). The minimum absolute atomic E-state index is 0.0338. The average Bonchev–Trinajstić information content (AvgIpc) is 2.95. The van der Waals surface area contributed by atoms with Crippen molar-refractivity contribution in [1.29, 1.82) is 0 Å². The molecule has 1 aromatic heterocycles. The van der Waals surface area contributed by atoms with E-state index in [0.29, 0.717) is 47.4 Å². The second-order valence-electron chi connectivity index (χ2n) is 9.91. The summed E-state index contributed by atoms with van der Waals surface area (Å²) in [4.78, 5) is 56.1. The van der Waals surface area contributed by atoms with Crippen LogP contribution in [-0.4, -0.2) is 68.3 Å². The molecule has 210 valence electrons. The monoisotopic (exact) mass is 563 g/mol. The van der Waals surface area contributed by atoms with Gasteiger partial charge in [0, 0.05) is 67.2 Å². The Morgan fingerprint density at radius 1 is 1.15 bits per heavy atom. The topological polar surface area (TPSA) is 137 Å². The van der Waals surface area contributed by atoms with Gasteiger partial charge >= 0.3 is 5.97 Å². The first-order valence-corrected chi connectivity index (χ1v) is 14.5. The molecular formula is C30H33N3O6S. The van der Waals surface area contributed by atoms with Crippen molar-refractivity contribution < 1.29 is 29.4 Å². The number of thioether (sulfide) groups is 1. The Morgan fingerprint density at radius 2 is 1.95 bits per heavy atom. The zero-order valence-electron chi connectivity index (χ0n) is 22.3. The lowest BCUT2D eigenvalue weighted by Crippen LogP contribution is -2.40. The maximum atomic E-state index is 13.8. The lowest BCUT2D eigenvalue weighted by molar-refractivity contribution is -0.135. The molecule has 2 atom stereocenters. The number of hydrogen-bond donors (Lipinski definition) is 3. The summed E-state index contributed by atoms with van der Waals surface area (Å²) >= 11 is 1.51. The summed E-state index contributed by atoms with van der Waals surface area (Å²) in [7, 11) is 0. The number of ketones is 1. The number of carbonyl (C=O) groups excluding carboxylic acids is 3. The molecule has 3 aromatic rings. The number of benzene rings is 2. The van der Waals surface area contributed by atoms with Crippen molar-refractivity contribution in [1.82, 2.24) is 15.2 Å². The quantitative estimate of drug-likeness (QED) is 0.230. The molecule has 9 nitrogen and oxygen atoms in total. The van der Waals surface area contributed by atoms with E-state index in [0.717, 1.165) is 18.4 Å². The summed E-state index contributed by atoms with van der Waals surface area (Å²) in [5.41, 5.74) is 1.09. The zero-order valence-corrected chi connectivity index (χ0v) is 23.2. The number of carboxylic acid groups (broad SMARTS) is 1. The second-order valence-corrected chi connectivity index (χ2v) is 11.1. The molecule has 1 saturated heterocycles. The second kappa shape index (κ2) is 13.4. The van der Waals surface area contributed by atoms with Crippen molar-refractivity contribution in [3.05, 3.63) is 71.5 Å². The van der Waals surface area contributed by atoms with Gasteiger partial charge in [-0.15, -0.1) is 0 Å². The normalized spacial score (nSPS) is 15.9. The van der Waals surface area contributed by atoms with E-state index < -0.39 is 11.9 Å². The number of aromatic hydroxyl groups is 1. The number of amides is 2. The molecule has 0 bridgehead atoms. The zero-order chi connectivity index (χ0) is 28.6. The van der Waals surface area contributed by atoms with Gasteiger partial charge in [0.05, 0.1) is 6.04 Å². The minimum atomic E-state index is -1.22. The number of likely N-dealkylation sites (tertiary alicyclic amines) is 1. The van der Waals surface area contributed by atoms with Crippen LogP contribution >= 0.6 is 11.8 Å². The molecule has 3 N–H and O–H groups in total. The molecule has 4 rings (SSSR count). The number of aromatic carboxylic acids is 1. The molecule has 1 aliphatic rings. The number of rotatable bonds is 11. The molecule has 2 unspecified atom stereocenters. The average molecular weight is 564 g/mol. The lowest BCUT2D eigenvalue weighted by atomic mass is 9.90. The van der Waals surface area contributed by atoms with Crippen molar-refractivity contribution in [2.45, 2.75) is 38.6 Å². The van der Waals surface area contributed by atoms with Crippen molar-refractivity contribution in [2.75, 3.05) is 24.6 Å². The van der Waals surface area contributed by atoms with Gasteiger partial charge in [-0.3, -0.25) is 19.4 Å². The third-order valence-corrected chi connectivity index (χ3v) is 8.25. The van der Waals surface area contributed by atoms with Gasteiger partial charge in [0.2, 0.25) is 11.8 Å². The molecule has 2 aromatic carbocycles. The number of nitrogens with one attached hydrogen (secondary N) is 1. The Labute approximate surface area is 237 Å². The smallest absolute Gasteiger partial charge is 0.340 e. The summed E-state index contributed by atoms with van der Waals surface area (Å²) in [6.45, 7) is 2.47. The molecule has 0 aliphatic carbocycles. The maximum Gasteiger partial charge on any atom is 0.340 e. The van der Waals surface area contributed by atoms with E-state index >= 15 is 0 Å². The number of phenols is 1. The summed E-state index contributed by atoms with van der Waals surface area (Å²) in [6, 6.07) is 11.6. The number of nitrogens with zero attached hydrogens (tertiary/aromatic N) is 2. The molecule has 2 amide bonds. The summed E-state index contributed by atoms with van der Waals surface area (Å²) in [6.07, 6.45) is 5.60. The highest BCUT2D eigenvalue weighted by Crippen LogP contribution is 2.36. The summed E-state index contributed by atoms with van der Waals surface area (Å²) in [5.74, 6) is -1.44. The molecule has 2 heterocycles. The van der Waals surface area contributed by atoms with Crippen LogP contribution in [0, 0.1) is 5.92 Å². The Morgan fingerprint density at radius 3 is 2.67 bits per heavy atom. The SMILES string of the molecule is CC(=O)NCCSCC(CC(=O)N1CCCCC1c1ccc2ccc(O)c(C(=O)O)c2c1)C(=O)c1cccnc1. The first-order valence-electron chi connectivity index (χ1n) is 13.3. The van der Waals surface area contributed by atoms with Crippen LogP contribution in [0.15, 0.2) is 54.9 Å². The van der Waals surface area contributed by atoms with E-state index in [9.17, 15) is 29.4 Å². The highest BCUT2D eigenvalue weighted by atomic mass is 32.2. The molecular weight excluding hydrogens is 530 g/mol. The van der Waals surface area contributed by atoms with Gasteiger partial charge in [-0.2, -0.15) is 11.8 Å². The van der Waals surface area contributed by atoms with Gasteiger partial charge in [-0.1, -0.05) is 18.2 Å².